The molecular formula is C11H12F3NO4. The van der Waals surface area contributed by atoms with Crippen LogP contribution in [-0.2, 0) is 4.74 Å². The lowest BCUT2D eigenvalue weighted by atomic mass is 10.1. The molecule has 2 N–H and O–H groups in total. The molecule has 0 heterocycles. The second-order valence-electron chi connectivity index (χ2n) is 3.57. The van der Waals surface area contributed by atoms with E-state index in [0.717, 1.165) is 12.1 Å². The van der Waals surface area contributed by atoms with Gasteiger partial charge in [0.1, 0.15) is 5.75 Å². The summed E-state index contributed by atoms with van der Waals surface area (Å²) in [6.07, 6.45) is -6.01. The Morgan fingerprint density at radius 3 is 2.37 bits per heavy atom. The summed E-state index contributed by atoms with van der Waals surface area (Å²) in [5, 5.41) is 10.8. The molecule has 1 aromatic carbocycles. The first-order valence-corrected chi connectivity index (χ1v) is 5.16. The Balaban J connectivity index is 2.79. The van der Waals surface area contributed by atoms with E-state index < -0.39 is 18.5 Å². The average Bonchev–Trinajstić information content (AvgIpc) is 2.27. The highest BCUT2D eigenvalue weighted by molar-refractivity contribution is 5.65. The van der Waals surface area contributed by atoms with Gasteiger partial charge in [-0.3, -0.25) is 0 Å². The van der Waals surface area contributed by atoms with Crippen molar-refractivity contribution in [1.29, 1.82) is 0 Å². The van der Waals surface area contributed by atoms with Crippen molar-refractivity contribution >= 4 is 6.09 Å². The summed E-state index contributed by atoms with van der Waals surface area (Å²) in [6.45, 7) is 0.0613. The van der Waals surface area contributed by atoms with Gasteiger partial charge in [0.2, 0.25) is 0 Å². The number of hydrogen-bond donors (Lipinski definition) is 2. The van der Waals surface area contributed by atoms with Crippen LogP contribution in [0.1, 0.15) is 11.6 Å². The Morgan fingerprint density at radius 2 is 1.95 bits per heavy atom. The van der Waals surface area contributed by atoms with Gasteiger partial charge in [0.15, 0.2) is 0 Å². The summed E-state index contributed by atoms with van der Waals surface area (Å²) < 4.78 is 44.4. The van der Waals surface area contributed by atoms with Gasteiger partial charge in [-0.05, 0) is 17.7 Å². The van der Waals surface area contributed by atoms with E-state index in [0.29, 0.717) is 5.56 Å². The third-order valence-electron chi connectivity index (χ3n) is 2.15. The number of alkyl halides is 3. The molecule has 1 atom stereocenters. The summed E-state index contributed by atoms with van der Waals surface area (Å²) in [5.41, 5.74) is 0.471. The number of ether oxygens (including phenoxy) is 2. The van der Waals surface area contributed by atoms with Crippen molar-refractivity contribution in [3.63, 3.8) is 0 Å². The fourth-order valence-corrected chi connectivity index (χ4v) is 1.44. The maximum atomic E-state index is 12.0. The van der Waals surface area contributed by atoms with Crippen LogP contribution in [-0.4, -0.2) is 31.3 Å². The summed E-state index contributed by atoms with van der Waals surface area (Å²) in [5.74, 6) is -0.372. The van der Waals surface area contributed by atoms with Crippen LogP contribution in [0.5, 0.6) is 5.75 Å². The molecule has 0 aliphatic heterocycles. The number of halogens is 3. The molecule has 1 rings (SSSR count). The molecule has 19 heavy (non-hydrogen) atoms. The van der Waals surface area contributed by atoms with Crippen molar-refractivity contribution < 1.29 is 32.5 Å². The molecule has 5 nitrogen and oxygen atoms in total. The van der Waals surface area contributed by atoms with Crippen LogP contribution in [0.4, 0.5) is 18.0 Å². The maximum absolute atomic E-state index is 12.0. The lowest BCUT2D eigenvalue weighted by Crippen LogP contribution is -2.29. The van der Waals surface area contributed by atoms with Crippen LogP contribution >= 0.6 is 0 Å². The van der Waals surface area contributed by atoms with Crippen LogP contribution in [0, 0.1) is 0 Å². The zero-order valence-electron chi connectivity index (χ0n) is 9.90. The fraction of sp³-hybridized carbons (Fsp3) is 0.364. The minimum atomic E-state index is -4.76. The second-order valence-corrected chi connectivity index (χ2v) is 3.57. The Hall–Kier alpha value is -1.96. The van der Waals surface area contributed by atoms with Gasteiger partial charge in [0.05, 0.1) is 12.6 Å². The molecule has 0 spiro atoms. The highest BCUT2D eigenvalue weighted by Gasteiger charge is 2.31. The van der Waals surface area contributed by atoms with Gasteiger partial charge in [-0.15, -0.1) is 13.2 Å². The molecule has 0 fully saturated rings. The zero-order valence-corrected chi connectivity index (χ0v) is 9.90. The first-order chi connectivity index (χ1) is 8.81. The van der Waals surface area contributed by atoms with Crippen molar-refractivity contribution in [3.05, 3.63) is 29.8 Å². The smallest absolute Gasteiger partial charge is 0.465 e. The minimum absolute atomic E-state index is 0.0613. The lowest BCUT2D eigenvalue weighted by Gasteiger charge is -2.17. The van der Waals surface area contributed by atoms with Crippen molar-refractivity contribution in [2.45, 2.75) is 12.4 Å². The minimum Gasteiger partial charge on any atom is -0.465 e. The zero-order chi connectivity index (χ0) is 14.5. The molecule has 106 valence electrons. The van der Waals surface area contributed by atoms with Crippen LogP contribution in [0.25, 0.3) is 0 Å². The summed E-state index contributed by atoms with van der Waals surface area (Å²) >= 11 is 0. The van der Waals surface area contributed by atoms with Gasteiger partial charge < -0.3 is 19.9 Å². The van der Waals surface area contributed by atoms with E-state index in [4.69, 9.17) is 9.84 Å². The van der Waals surface area contributed by atoms with Crippen LogP contribution in [0.15, 0.2) is 24.3 Å². The summed E-state index contributed by atoms with van der Waals surface area (Å²) in [6, 6.07) is 4.22. The molecule has 0 aliphatic carbocycles. The van der Waals surface area contributed by atoms with Crippen molar-refractivity contribution in [2.24, 2.45) is 0 Å². The highest BCUT2D eigenvalue weighted by atomic mass is 19.4. The molecular weight excluding hydrogens is 267 g/mol. The second kappa shape index (κ2) is 6.28. The normalized spacial score (nSPS) is 12.8. The van der Waals surface area contributed by atoms with Crippen molar-refractivity contribution in [2.75, 3.05) is 13.7 Å². The summed E-state index contributed by atoms with van der Waals surface area (Å²) in [4.78, 5) is 10.6. The number of carbonyl (C=O) groups is 1. The van der Waals surface area contributed by atoms with Crippen molar-refractivity contribution in [3.8, 4) is 5.75 Å². The van der Waals surface area contributed by atoms with E-state index in [2.05, 4.69) is 10.1 Å². The molecule has 1 amide bonds. The first-order valence-electron chi connectivity index (χ1n) is 5.16. The molecule has 0 aromatic heterocycles. The molecule has 0 saturated carbocycles. The number of rotatable bonds is 5. The van der Waals surface area contributed by atoms with Crippen LogP contribution in [0.3, 0.4) is 0 Å². The van der Waals surface area contributed by atoms with Gasteiger partial charge in [0, 0.05) is 7.11 Å². The predicted molar refractivity (Wildman–Crippen MR) is 58.9 cm³/mol. The summed E-state index contributed by atoms with van der Waals surface area (Å²) in [7, 11) is 1.39. The largest absolute Gasteiger partial charge is 0.573 e. The third-order valence-corrected chi connectivity index (χ3v) is 2.15. The monoisotopic (exact) mass is 279 g/mol. The predicted octanol–water partition coefficient (Wildman–Crippen LogP) is 2.54. The van der Waals surface area contributed by atoms with E-state index in [1.165, 1.54) is 19.2 Å². The third kappa shape index (κ3) is 5.47. The number of amides is 1. The highest BCUT2D eigenvalue weighted by Crippen LogP contribution is 2.24. The van der Waals surface area contributed by atoms with Gasteiger partial charge in [-0.25, -0.2) is 4.79 Å². The molecule has 0 radical (unpaired) electrons. The molecule has 1 aromatic rings. The number of nitrogens with one attached hydrogen (secondary N) is 1. The Kier molecular flexibility index (Phi) is 4.99. The van der Waals surface area contributed by atoms with Gasteiger partial charge in [-0.1, -0.05) is 12.1 Å². The topological polar surface area (TPSA) is 67.8 Å². The fourth-order valence-electron chi connectivity index (χ4n) is 1.44. The Labute approximate surface area is 106 Å². The quantitative estimate of drug-likeness (QED) is 0.869. The van der Waals surface area contributed by atoms with Gasteiger partial charge in [-0.2, -0.15) is 0 Å². The Morgan fingerprint density at radius 1 is 1.37 bits per heavy atom. The Bertz CT molecular complexity index is 419. The molecule has 1 unspecified atom stereocenters. The van der Waals surface area contributed by atoms with Crippen LogP contribution in [0.2, 0.25) is 0 Å². The van der Waals surface area contributed by atoms with Crippen molar-refractivity contribution in [1.82, 2.24) is 5.32 Å². The number of methoxy groups -OCH3 is 1. The van der Waals surface area contributed by atoms with Crippen LogP contribution < -0.4 is 10.1 Å². The number of hydrogen-bond acceptors (Lipinski definition) is 3. The lowest BCUT2D eigenvalue weighted by molar-refractivity contribution is -0.274. The molecule has 8 heteroatoms. The van der Waals surface area contributed by atoms with E-state index in [-0.39, 0.29) is 12.4 Å². The molecule has 0 aliphatic rings. The number of carboxylic acid groups (broad SMARTS) is 1. The maximum Gasteiger partial charge on any atom is 0.573 e. The SMILES string of the molecule is COCC(NC(=O)O)c1ccc(OC(F)(F)F)cc1. The van der Waals surface area contributed by atoms with E-state index >= 15 is 0 Å². The van der Waals surface area contributed by atoms with E-state index in [1.807, 2.05) is 0 Å². The first kappa shape index (κ1) is 15.1. The van der Waals surface area contributed by atoms with Gasteiger partial charge >= 0.3 is 12.5 Å². The number of benzene rings is 1. The molecule has 0 saturated heterocycles. The van der Waals surface area contributed by atoms with Gasteiger partial charge in [0.25, 0.3) is 0 Å². The average molecular weight is 279 g/mol. The molecule has 0 bridgehead atoms. The van der Waals surface area contributed by atoms with E-state index in [9.17, 15) is 18.0 Å². The standard InChI is InChI=1S/C11H12F3NO4/c1-18-6-9(15-10(16)17)7-2-4-8(5-3-7)19-11(12,13)14/h2-5,9,15H,6H2,1H3,(H,16,17). The van der Waals surface area contributed by atoms with E-state index in [1.54, 1.807) is 0 Å².